The molecule has 1 aliphatic rings. The van der Waals surface area contributed by atoms with Crippen molar-refractivity contribution in [2.45, 2.75) is 6.92 Å². The summed E-state index contributed by atoms with van der Waals surface area (Å²) in [5, 5.41) is 3.69. The van der Waals surface area contributed by atoms with Crippen molar-refractivity contribution in [3.8, 4) is 5.75 Å². The molecule has 0 atom stereocenters. The first-order chi connectivity index (χ1) is 13.0. The standard InChI is InChI=1S/C21H19ClN2O3/c1-4-12-24-20(25)18(14-8-10-15(27-3)11-9-14)19(21(24)26)23-17-7-5-6-16(22)13(17)2/h4-11,23H,1,12H2,2-3H3. The molecule has 2 aromatic rings. The Bertz CT molecular complexity index is 948. The highest BCUT2D eigenvalue weighted by atomic mass is 35.5. The third-order valence-corrected chi connectivity index (χ3v) is 4.80. The molecular formula is C21H19ClN2O3. The maximum atomic E-state index is 12.9. The van der Waals surface area contributed by atoms with E-state index in [9.17, 15) is 9.59 Å². The molecule has 0 bridgehead atoms. The number of carbonyl (C=O) groups excluding carboxylic acids is 2. The zero-order valence-electron chi connectivity index (χ0n) is 15.1. The summed E-state index contributed by atoms with van der Waals surface area (Å²) < 4.78 is 5.17. The van der Waals surface area contributed by atoms with Gasteiger partial charge in [0.1, 0.15) is 11.4 Å². The molecule has 2 amide bonds. The van der Waals surface area contributed by atoms with Crippen molar-refractivity contribution in [2.24, 2.45) is 0 Å². The fourth-order valence-corrected chi connectivity index (χ4v) is 3.06. The number of imide groups is 1. The van der Waals surface area contributed by atoms with Gasteiger partial charge in [0.2, 0.25) is 0 Å². The van der Waals surface area contributed by atoms with Gasteiger partial charge < -0.3 is 10.1 Å². The predicted octanol–water partition coefficient (Wildman–Crippen LogP) is 4.04. The molecule has 0 unspecified atom stereocenters. The number of benzene rings is 2. The van der Waals surface area contributed by atoms with Crippen LogP contribution in [0.15, 0.2) is 60.8 Å². The minimum atomic E-state index is -0.398. The van der Waals surface area contributed by atoms with E-state index in [1.54, 1.807) is 43.5 Å². The maximum Gasteiger partial charge on any atom is 0.278 e. The molecule has 0 saturated heterocycles. The Kier molecular flexibility index (Phi) is 5.33. The molecule has 138 valence electrons. The van der Waals surface area contributed by atoms with Crippen molar-refractivity contribution in [3.63, 3.8) is 0 Å². The fourth-order valence-electron chi connectivity index (χ4n) is 2.89. The first kappa shape index (κ1) is 18.7. The van der Waals surface area contributed by atoms with Crippen molar-refractivity contribution >= 4 is 34.7 Å². The van der Waals surface area contributed by atoms with E-state index in [4.69, 9.17) is 16.3 Å². The van der Waals surface area contributed by atoms with Gasteiger partial charge >= 0.3 is 0 Å². The Morgan fingerprint density at radius 3 is 2.48 bits per heavy atom. The summed E-state index contributed by atoms with van der Waals surface area (Å²) >= 11 is 6.18. The molecule has 27 heavy (non-hydrogen) atoms. The number of nitrogens with one attached hydrogen (secondary N) is 1. The second-order valence-corrected chi connectivity index (χ2v) is 6.43. The monoisotopic (exact) mass is 382 g/mol. The molecule has 2 aromatic carbocycles. The molecule has 0 aromatic heterocycles. The van der Waals surface area contributed by atoms with Gasteiger partial charge in [0.25, 0.3) is 11.8 Å². The number of halogens is 1. The third-order valence-electron chi connectivity index (χ3n) is 4.39. The van der Waals surface area contributed by atoms with Crippen LogP contribution in [0, 0.1) is 6.92 Å². The van der Waals surface area contributed by atoms with E-state index in [0.717, 1.165) is 10.5 Å². The molecule has 3 rings (SSSR count). The average molecular weight is 383 g/mol. The number of hydrogen-bond donors (Lipinski definition) is 1. The number of amides is 2. The number of hydrogen-bond acceptors (Lipinski definition) is 4. The van der Waals surface area contributed by atoms with Crippen LogP contribution in [-0.2, 0) is 9.59 Å². The molecule has 0 aliphatic carbocycles. The van der Waals surface area contributed by atoms with E-state index in [1.807, 2.05) is 13.0 Å². The summed E-state index contributed by atoms with van der Waals surface area (Å²) in [6.45, 7) is 5.61. The molecule has 1 aliphatic heterocycles. The zero-order valence-corrected chi connectivity index (χ0v) is 15.8. The highest BCUT2D eigenvalue weighted by molar-refractivity contribution is 6.36. The van der Waals surface area contributed by atoms with Crippen molar-refractivity contribution in [2.75, 3.05) is 19.0 Å². The van der Waals surface area contributed by atoms with Crippen LogP contribution in [0.3, 0.4) is 0 Å². The number of carbonyl (C=O) groups is 2. The summed E-state index contributed by atoms with van der Waals surface area (Å²) in [6, 6.07) is 12.4. The number of anilines is 1. The number of nitrogens with zero attached hydrogens (tertiary/aromatic N) is 1. The van der Waals surface area contributed by atoms with Crippen LogP contribution < -0.4 is 10.1 Å². The molecule has 5 nitrogen and oxygen atoms in total. The first-order valence-corrected chi connectivity index (χ1v) is 8.73. The lowest BCUT2D eigenvalue weighted by Gasteiger charge is -2.13. The molecule has 0 saturated carbocycles. The van der Waals surface area contributed by atoms with Gasteiger partial charge in [-0.05, 0) is 42.3 Å². The number of methoxy groups -OCH3 is 1. The van der Waals surface area contributed by atoms with E-state index in [-0.39, 0.29) is 18.1 Å². The lowest BCUT2D eigenvalue weighted by molar-refractivity contribution is -0.136. The van der Waals surface area contributed by atoms with Crippen LogP contribution >= 0.6 is 11.6 Å². The molecule has 0 spiro atoms. The Morgan fingerprint density at radius 2 is 1.85 bits per heavy atom. The zero-order chi connectivity index (χ0) is 19.6. The summed E-state index contributed by atoms with van der Waals surface area (Å²) in [4.78, 5) is 27.0. The Labute approximate surface area is 162 Å². The van der Waals surface area contributed by atoms with Gasteiger partial charge in [0.05, 0.1) is 12.7 Å². The lowest BCUT2D eigenvalue weighted by Crippen LogP contribution is -2.32. The van der Waals surface area contributed by atoms with Crippen LogP contribution in [0.1, 0.15) is 11.1 Å². The van der Waals surface area contributed by atoms with E-state index in [0.29, 0.717) is 27.6 Å². The van der Waals surface area contributed by atoms with Crippen molar-refractivity contribution in [3.05, 3.63) is 77.0 Å². The number of rotatable bonds is 6. The quantitative estimate of drug-likeness (QED) is 0.605. The highest BCUT2D eigenvalue weighted by Crippen LogP contribution is 2.33. The highest BCUT2D eigenvalue weighted by Gasteiger charge is 2.38. The van der Waals surface area contributed by atoms with Crippen LogP contribution in [-0.4, -0.2) is 30.4 Å². The molecule has 0 radical (unpaired) electrons. The second kappa shape index (κ2) is 7.68. The van der Waals surface area contributed by atoms with Gasteiger partial charge in [-0.1, -0.05) is 35.9 Å². The third kappa shape index (κ3) is 3.46. The Balaban J connectivity index is 2.10. The van der Waals surface area contributed by atoms with Crippen LogP contribution in [0.5, 0.6) is 5.75 Å². The van der Waals surface area contributed by atoms with Gasteiger partial charge in [0, 0.05) is 17.3 Å². The van der Waals surface area contributed by atoms with E-state index >= 15 is 0 Å². The number of ether oxygens (including phenoxy) is 1. The topological polar surface area (TPSA) is 58.6 Å². The van der Waals surface area contributed by atoms with Gasteiger partial charge in [-0.25, -0.2) is 0 Å². The van der Waals surface area contributed by atoms with Crippen LogP contribution in [0.2, 0.25) is 5.02 Å². The second-order valence-electron chi connectivity index (χ2n) is 6.03. The van der Waals surface area contributed by atoms with Crippen molar-refractivity contribution in [1.82, 2.24) is 4.90 Å². The van der Waals surface area contributed by atoms with Gasteiger partial charge in [-0.2, -0.15) is 0 Å². The lowest BCUT2D eigenvalue weighted by atomic mass is 10.0. The summed E-state index contributed by atoms with van der Waals surface area (Å²) in [6.07, 6.45) is 1.52. The predicted molar refractivity (Wildman–Crippen MR) is 107 cm³/mol. The minimum absolute atomic E-state index is 0.136. The van der Waals surface area contributed by atoms with E-state index in [1.165, 1.54) is 6.08 Å². The van der Waals surface area contributed by atoms with Crippen molar-refractivity contribution in [1.29, 1.82) is 0 Å². The average Bonchev–Trinajstić information content (AvgIpc) is 2.90. The molecule has 1 heterocycles. The van der Waals surface area contributed by atoms with Crippen LogP contribution in [0.25, 0.3) is 5.57 Å². The molecular weight excluding hydrogens is 364 g/mol. The molecule has 0 fully saturated rings. The van der Waals surface area contributed by atoms with Gasteiger partial charge in [-0.15, -0.1) is 6.58 Å². The Morgan fingerprint density at radius 1 is 1.15 bits per heavy atom. The summed E-state index contributed by atoms with van der Waals surface area (Å²) in [5.41, 5.74) is 2.62. The normalized spacial score (nSPS) is 14.0. The van der Waals surface area contributed by atoms with E-state index < -0.39 is 5.91 Å². The maximum absolute atomic E-state index is 12.9. The summed E-state index contributed by atoms with van der Waals surface area (Å²) in [5.74, 6) is -0.100. The smallest absolute Gasteiger partial charge is 0.278 e. The van der Waals surface area contributed by atoms with Gasteiger partial charge in [-0.3, -0.25) is 14.5 Å². The van der Waals surface area contributed by atoms with Crippen molar-refractivity contribution < 1.29 is 14.3 Å². The van der Waals surface area contributed by atoms with Crippen LogP contribution in [0.4, 0.5) is 5.69 Å². The van der Waals surface area contributed by atoms with Gasteiger partial charge in [0.15, 0.2) is 0 Å². The minimum Gasteiger partial charge on any atom is -0.497 e. The largest absolute Gasteiger partial charge is 0.497 e. The SMILES string of the molecule is C=CCN1C(=O)C(Nc2cccc(Cl)c2C)=C(c2ccc(OC)cc2)C1=O. The Hall–Kier alpha value is -3.05. The summed E-state index contributed by atoms with van der Waals surface area (Å²) in [7, 11) is 1.57. The fraction of sp³-hybridized carbons (Fsp3) is 0.143. The molecule has 1 N–H and O–H groups in total. The first-order valence-electron chi connectivity index (χ1n) is 8.35. The van der Waals surface area contributed by atoms with E-state index in [2.05, 4.69) is 11.9 Å². The molecule has 6 heteroatoms.